The van der Waals surface area contributed by atoms with Crippen molar-refractivity contribution in [3.63, 3.8) is 0 Å². The van der Waals surface area contributed by atoms with E-state index in [0.29, 0.717) is 0 Å². The van der Waals surface area contributed by atoms with Gasteiger partial charge in [0.25, 0.3) is 0 Å². The quantitative estimate of drug-likeness (QED) is 0.170. The Hall–Kier alpha value is -6.72. The molecule has 0 unspecified atom stereocenters. The fourth-order valence-electron chi connectivity index (χ4n) is 7.23. The van der Waals surface area contributed by atoms with E-state index in [-0.39, 0.29) is 0 Å². The standard InChI is InChI=1S/C45H31N5/c1-3-4-15-33-29(2)41(34-16-8-9-17-35(34)42(33)39-19-12-18-37(47-39)30-23-25-46-26-24-30)32-21-22-38-36(28-32)44-45(50-27-11-10-20-40(50)49-44)43(48-38)31-13-6-5-7-14-31/h3-28H,1H2,2H3/b15-4-. The van der Waals surface area contributed by atoms with Crippen LogP contribution < -0.4 is 0 Å². The molecule has 0 amide bonds. The van der Waals surface area contributed by atoms with E-state index >= 15 is 0 Å². The molecule has 0 radical (unpaired) electrons. The highest BCUT2D eigenvalue weighted by Crippen LogP contribution is 2.44. The number of pyridine rings is 4. The number of aromatic nitrogens is 5. The molecule has 4 aromatic carbocycles. The van der Waals surface area contributed by atoms with Crippen molar-refractivity contribution in [3.05, 3.63) is 170 Å². The van der Waals surface area contributed by atoms with Crippen LogP contribution in [0.2, 0.25) is 0 Å². The minimum absolute atomic E-state index is 0.892. The predicted molar refractivity (Wildman–Crippen MR) is 207 cm³/mol. The lowest BCUT2D eigenvalue weighted by Gasteiger charge is -2.20. The molecule has 5 heterocycles. The summed E-state index contributed by atoms with van der Waals surface area (Å²) in [6, 6.07) is 42.0. The number of rotatable bonds is 6. The van der Waals surface area contributed by atoms with Gasteiger partial charge >= 0.3 is 0 Å². The molecule has 0 fully saturated rings. The van der Waals surface area contributed by atoms with Crippen molar-refractivity contribution >= 4 is 44.4 Å². The van der Waals surface area contributed by atoms with Gasteiger partial charge in [-0.25, -0.2) is 15.0 Å². The van der Waals surface area contributed by atoms with Crippen molar-refractivity contribution < 1.29 is 0 Å². The second-order valence-corrected chi connectivity index (χ2v) is 12.4. The third-order valence-corrected chi connectivity index (χ3v) is 9.47. The van der Waals surface area contributed by atoms with Gasteiger partial charge in [0.05, 0.1) is 28.1 Å². The molecular weight excluding hydrogens is 611 g/mol. The first-order valence-corrected chi connectivity index (χ1v) is 16.7. The molecule has 9 rings (SSSR count). The second kappa shape index (κ2) is 12.1. The molecule has 5 aromatic heterocycles. The zero-order valence-electron chi connectivity index (χ0n) is 27.5. The molecule has 0 aliphatic heterocycles. The van der Waals surface area contributed by atoms with E-state index < -0.39 is 0 Å². The van der Waals surface area contributed by atoms with Crippen LogP contribution >= 0.6 is 0 Å². The van der Waals surface area contributed by atoms with Crippen molar-refractivity contribution in [1.29, 1.82) is 0 Å². The fraction of sp³-hybridized carbons (Fsp3) is 0.0222. The first-order chi connectivity index (χ1) is 24.7. The normalized spacial score (nSPS) is 11.7. The molecule has 0 bridgehead atoms. The summed E-state index contributed by atoms with van der Waals surface area (Å²) < 4.78 is 2.15. The Labute approximate surface area is 289 Å². The summed E-state index contributed by atoms with van der Waals surface area (Å²) in [7, 11) is 0. The van der Waals surface area contributed by atoms with Crippen LogP contribution in [0.15, 0.2) is 159 Å². The number of fused-ring (bicyclic) bond motifs is 6. The SMILES string of the molecule is C=C/C=C\c1c(C)c(-c2ccc3nc(-c4ccccc4)c4c(nc5ccccn54)c3c2)c2ccccc2c1-c1cccc(-c2ccncc2)n1. The highest BCUT2D eigenvalue weighted by molar-refractivity contribution is 6.13. The highest BCUT2D eigenvalue weighted by atomic mass is 15.0. The van der Waals surface area contributed by atoms with E-state index in [1.165, 1.54) is 5.56 Å². The Bertz CT molecular complexity index is 2780. The second-order valence-electron chi connectivity index (χ2n) is 12.4. The van der Waals surface area contributed by atoms with Gasteiger partial charge in [-0.05, 0) is 88.5 Å². The summed E-state index contributed by atoms with van der Waals surface area (Å²) in [5, 5.41) is 3.31. The molecule has 5 heteroatoms. The smallest absolute Gasteiger partial charge is 0.137 e. The van der Waals surface area contributed by atoms with E-state index in [9.17, 15) is 0 Å². The van der Waals surface area contributed by atoms with Gasteiger partial charge in [0.15, 0.2) is 0 Å². The zero-order chi connectivity index (χ0) is 33.6. The minimum Gasteiger partial charge on any atom is -0.298 e. The van der Waals surface area contributed by atoms with Gasteiger partial charge in [0.1, 0.15) is 11.2 Å². The van der Waals surface area contributed by atoms with Crippen LogP contribution in [0, 0.1) is 6.92 Å². The predicted octanol–water partition coefficient (Wildman–Crippen LogP) is 11.2. The molecule has 9 aromatic rings. The van der Waals surface area contributed by atoms with Crippen molar-refractivity contribution in [2.75, 3.05) is 0 Å². The lowest BCUT2D eigenvalue weighted by atomic mass is 9.84. The Kier molecular flexibility index (Phi) is 7.10. The average Bonchev–Trinajstić information content (AvgIpc) is 3.57. The summed E-state index contributed by atoms with van der Waals surface area (Å²) in [4.78, 5) is 19.8. The topological polar surface area (TPSA) is 56.0 Å². The van der Waals surface area contributed by atoms with E-state index in [1.807, 2.05) is 48.6 Å². The maximum Gasteiger partial charge on any atom is 0.137 e. The number of benzene rings is 4. The van der Waals surface area contributed by atoms with E-state index in [0.717, 1.165) is 88.8 Å². The third-order valence-electron chi connectivity index (χ3n) is 9.47. The average molecular weight is 642 g/mol. The van der Waals surface area contributed by atoms with Gasteiger partial charge in [-0.15, -0.1) is 0 Å². The number of hydrogen-bond donors (Lipinski definition) is 0. The Morgan fingerprint density at radius 2 is 1.38 bits per heavy atom. The van der Waals surface area contributed by atoms with Gasteiger partial charge in [-0.3, -0.25) is 9.38 Å². The summed E-state index contributed by atoms with van der Waals surface area (Å²) in [6.45, 7) is 6.20. The Morgan fingerprint density at radius 3 is 2.20 bits per heavy atom. The van der Waals surface area contributed by atoms with Crippen molar-refractivity contribution in [3.8, 4) is 44.9 Å². The van der Waals surface area contributed by atoms with Gasteiger partial charge in [0.2, 0.25) is 0 Å². The van der Waals surface area contributed by atoms with Crippen LogP contribution in [-0.4, -0.2) is 24.3 Å². The maximum absolute atomic E-state index is 5.27. The Balaban J connectivity index is 1.32. The van der Waals surface area contributed by atoms with Crippen LogP contribution in [0.5, 0.6) is 0 Å². The molecule has 0 spiro atoms. The largest absolute Gasteiger partial charge is 0.298 e. The van der Waals surface area contributed by atoms with Crippen molar-refractivity contribution in [1.82, 2.24) is 24.3 Å². The fourth-order valence-corrected chi connectivity index (χ4v) is 7.23. The number of nitrogens with zero attached hydrogens (tertiary/aromatic N) is 5. The molecule has 5 nitrogen and oxygen atoms in total. The maximum atomic E-state index is 5.27. The molecule has 236 valence electrons. The van der Waals surface area contributed by atoms with Gasteiger partial charge in [-0.1, -0.05) is 97.6 Å². The van der Waals surface area contributed by atoms with Gasteiger partial charge < -0.3 is 0 Å². The van der Waals surface area contributed by atoms with Gasteiger partial charge in [-0.2, -0.15) is 0 Å². The zero-order valence-corrected chi connectivity index (χ0v) is 27.5. The number of hydrogen-bond acceptors (Lipinski definition) is 4. The van der Waals surface area contributed by atoms with E-state index in [4.69, 9.17) is 15.0 Å². The lowest BCUT2D eigenvalue weighted by Crippen LogP contribution is -1.98. The summed E-state index contributed by atoms with van der Waals surface area (Å²) in [6.07, 6.45) is 11.7. The highest BCUT2D eigenvalue weighted by Gasteiger charge is 2.21. The first-order valence-electron chi connectivity index (χ1n) is 16.7. The summed E-state index contributed by atoms with van der Waals surface area (Å²) in [5.74, 6) is 0. The van der Waals surface area contributed by atoms with Crippen LogP contribution in [0.1, 0.15) is 11.1 Å². The summed E-state index contributed by atoms with van der Waals surface area (Å²) >= 11 is 0. The lowest BCUT2D eigenvalue weighted by molar-refractivity contribution is 1.22. The van der Waals surface area contributed by atoms with Crippen LogP contribution in [-0.2, 0) is 0 Å². The number of imidazole rings is 1. The molecule has 0 aliphatic rings. The molecule has 0 saturated carbocycles. The minimum atomic E-state index is 0.892. The molecule has 0 N–H and O–H groups in total. The number of allylic oxidation sites excluding steroid dienone is 2. The van der Waals surface area contributed by atoms with E-state index in [2.05, 4.69) is 120 Å². The van der Waals surface area contributed by atoms with E-state index in [1.54, 1.807) is 12.4 Å². The molecule has 0 atom stereocenters. The van der Waals surface area contributed by atoms with Crippen LogP contribution in [0.25, 0.3) is 89.3 Å². The molecule has 50 heavy (non-hydrogen) atoms. The van der Waals surface area contributed by atoms with Gasteiger partial charge in [0, 0.05) is 40.7 Å². The van der Waals surface area contributed by atoms with Crippen molar-refractivity contribution in [2.45, 2.75) is 6.92 Å². The summed E-state index contributed by atoms with van der Waals surface area (Å²) in [5.41, 5.74) is 14.2. The molecular formula is C45H31N5. The third kappa shape index (κ3) is 4.79. The monoisotopic (exact) mass is 641 g/mol. The first kappa shape index (κ1) is 29.4. The van der Waals surface area contributed by atoms with Crippen molar-refractivity contribution in [2.24, 2.45) is 0 Å². The molecule has 0 aliphatic carbocycles. The van der Waals surface area contributed by atoms with Crippen LogP contribution in [0.3, 0.4) is 0 Å². The molecule has 0 saturated heterocycles. The van der Waals surface area contributed by atoms with Crippen LogP contribution in [0.4, 0.5) is 0 Å². The Morgan fingerprint density at radius 1 is 0.620 bits per heavy atom.